The zero-order valence-electron chi connectivity index (χ0n) is 32.9. The highest BCUT2D eigenvalue weighted by Crippen LogP contribution is 2.45. The first-order valence-electron chi connectivity index (χ1n) is 19.6. The Morgan fingerprint density at radius 3 is 2.38 bits per heavy atom. The number of imidazole rings is 2. The molecule has 0 radical (unpaired) electrons. The molecule has 12 heteroatoms. The number of hydrogen-bond acceptors (Lipinski definition) is 7. The van der Waals surface area contributed by atoms with E-state index in [0.717, 1.165) is 65.0 Å². The number of fused-ring (bicyclic) bond motifs is 1. The van der Waals surface area contributed by atoms with Crippen molar-refractivity contribution in [3.05, 3.63) is 71.4 Å². The number of aromatic nitrogens is 4. The number of rotatable bonds is 8. The van der Waals surface area contributed by atoms with Crippen molar-refractivity contribution in [3.8, 4) is 23.1 Å². The number of methoxy groups -OCH3 is 1. The molecule has 1 spiro atoms. The van der Waals surface area contributed by atoms with Crippen LogP contribution in [0.25, 0.3) is 22.3 Å². The maximum atomic E-state index is 14.0. The molecule has 0 aliphatic carbocycles. The number of aromatic amines is 2. The number of nitrogens with zero attached hydrogens (tertiary/aromatic N) is 4. The molecule has 3 aliphatic rings. The predicted molar refractivity (Wildman–Crippen MR) is 209 cm³/mol. The summed E-state index contributed by atoms with van der Waals surface area (Å²) < 4.78 is 11.1. The topological polar surface area (TPSA) is 146 Å². The lowest BCUT2D eigenvalue weighted by Gasteiger charge is -2.30. The van der Waals surface area contributed by atoms with E-state index in [1.165, 1.54) is 7.11 Å². The van der Waals surface area contributed by atoms with Crippen molar-refractivity contribution in [1.29, 1.82) is 0 Å². The van der Waals surface area contributed by atoms with Gasteiger partial charge < -0.3 is 34.6 Å². The van der Waals surface area contributed by atoms with Crippen LogP contribution in [0.15, 0.2) is 48.7 Å². The van der Waals surface area contributed by atoms with Gasteiger partial charge >= 0.3 is 6.09 Å². The number of carbonyl (C=O) groups excluding carboxylic acids is 3. The number of nitrogens with one attached hydrogen (secondary N) is 3. The fourth-order valence-corrected chi connectivity index (χ4v) is 8.22. The quantitative estimate of drug-likeness (QED) is 0.169. The van der Waals surface area contributed by atoms with Crippen LogP contribution in [-0.4, -0.2) is 86.1 Å². The second-order valence-electron chi connectivity index (χ2n) is 16.4. The minimum Gasteiger partial charge on any atom is -0.453 e. The summed E-state index contributed by atoms with van der Waals surface area (Å²) in [6.45, 7) is 14.1. The van der Waals surface area contributed by atoms with Crippen molar-refractivity contribution in [2.24, 2.45) is 23.7 Å². The molecule has 55 heavy (non-hydrogen) atoms. The van der Waals surface area contributed by atoms with Gasteiger partial charge in [0.15, 0.2) is 0 Å². The summed E-state index contributed by atoms with van der Waals surface area (Å²) in [7, 11) is 1.29. The molecule has 3 fully saturated rings. The third-order valence-electron chi connectivity index (χ3n) is 11.7. The Morgan fingerprint density at radius 1 is 0.945 bits per heavy atom. The number of H-pyrrole nitrogens is 2. The zero-order chi connectivity index (χ0) is 39.0. The Kier molecular flexibility index (Phi) is 10.8. The molecule has 3 saturated heterocycles. The molecular formula is C43H53N7O5. The van der Waals surface area contributed by atoms with E-state index in [1.807, 2.05) is 79.2 Å². The first-order valence-corrected chi connectivity index (χ1v) is 19.6. The highest BCUT2D eigenvalue weighted by molar-refractivity contribution is 5.87. The molecule has 0 saturated carbocycles. The number of ether oxygens (including phenoxy) is 2. The average molecular weight is 748 g/mol. The van der Waals surface area contributed by atoms with Gasteiger partial charge in [0, 0.05) is 48.4 Å². The van der Waals surface area contributed by atoms with Gasteiger partial charge in [-0.2, -0.15) is 0 Å². The molecule has 0 bridgehead atoms. The van der Waals surface area contributed by atoms with Crippen molar-refractivity contribution in [1.82, 2.24) is 35.1 Å². The maximum absolute atomic E-state index is 14.0. The zero-order valence-corrected chi connectivity index (χ0v) is 32.9. The normalized spacial score (nSPS) is 23.4. The highest BCUT2D eigenvalue weighted by atomic mass is 16.5. The lowest BCUT2D eigenvalue weighted by Crippen LogP contribution is -2.51. The fraction of sp³-hybridized carbons (Fsp3) is 0.512. The van der Waals surface area contributed by atoms with Crippen LogP contribution >= 0.6 is 0 Å². The third-order valence-corrected chi connectivity index (χ3v) is 11.7. The van der Waals surface area contributed by atoms with E-state index in [9.17, 15) is 14.4 Å². The van der Waals surface area contributed by atoms with Crippen LogP contribution in [0.5, 0.6) is 0 Å². The van der Waals surface area contributed by atoms with Gasteiger partial charge in [0.1, 0.15) is 17.7 Å². The van der Waals surface area contributed by atoms with E-state index in [-0.39, 0.29) is 41.7 Å². The number of amides is 3. The SMILES string of the molecule is COC(=O)N[C@H](C(=O)N1C[C@]2(CCCO2)C[C@H]1c1nc2cc(C#Cc3ccc(-c4c[nH]c([C@@H]5C[C@H](C)CN5C(=O)[C@@H](C)C(C)C)n4)cc3)ccc2[nH]1)C(C)C. The van der Waals surface area contributed by atoms with Crippen molar-refractivity contribution >= 4 is 28.9 Å². The summed E-state index contributed by atoms with van der Waals surface area (Å²) in [5, 5.41) is 2.73. The molecule has 3 aliphatic heterocycles. The molecule has 0 unspecified atom stereocenters. The lowest BCUT2D eigenvalue weighted by molar-refractivity contribution is -0.137. The van der Waals surface area contributed by atoms with Gasteiger partial charge in [-0.3, -0.25) is 9.59 Å². The molecule has 2 aromatic carbocycles. The van der Waals surface area contributed by atoms with Gasteiger partial charge in [0.25, 0.3) is 0 Å². The molecule has 7 rings (SSSR count). The van der Waals surface area contributed by atoms with Crippen LogP contribution in [-0.2, 0) is 19.1 Å². The molecule has 12 nitrogen and oxygen atoms in total. The second-order valence-corrected chi connectivity index (χ2v) is 16.4. The summed E-state index contributed by atoms with van der Waals surface area (Å²) in [4.78, 5) is 60.0. The van der Waals surface area contributed by atoms with Gasteiger partial charge in [-0.05, 0) is 67.3 Å². The van der Waals surface area contributed by atoms with E-state index in [2.05, 4.69) is 47.9 Å². The van der Waals surface area contributed by atoms with E-state index in [0.29, 0.717) is 31.3 Å². The van der Waals surface area contributed by atoms with Gasteiger partial charge in [0.05, 0.1) is 48.1 Å². The van der Waals surface area contributed by atoms with Crippen molar-refractivity contribution in [2.75, 3.05) is 26.8 Å². The second kappa shape index (κ2) is 15.5. The van der Waals surface area contributed by atoms with Crippen LogP contribution in [0.1, 0.15) is 102 Å². The smallest absolute Gasteiger partial charge is 0.407 e. The van der Waals surface area contributed by atoms with Gasteiger partial charge in [0.2, 0.25) is 11.8 Å². The van der Waals surface area contributed by atoms with Crippen LogP contribution < -0.4 is 5.32 Å². The average Bonchev–Trinajstić information content (AvgIpc) is 4.03. The standard InChI is InChI=1S/C43H53N7O5/c1-25(2)28(6)40(51)49-23-27(5)19-35(49)38-44-22-34(47-38)31-14-11-29(12-15-31)9-10-30-13-16-32-33(20-30)46-39(45-32)36-21-43(17-8-18-55-43)24-50(36)41(52)37(26(3)4)48-42(53)54-7/h11-16,20,22,25-28,35-37H,8,17-19,21,23-24H2,1-7H3,(H,44,47)(H,45,46)(H,48,53)/t27-,28-,35-,36-,37-,43-/m0/s1. The molecule has 2 aromatic heterocycles. The van der Waals surface area contributed by atoms with E-state index < -0.39 is 17.7 Å². The lowest BCUT2D eigenvalue weighted by atomic mass is 9.96. The number of likely N-dealkylation sites (tertiary alicyclic amines) is 2. The summed E-state index contributed by atoms with van der Waals surface area (Å²) in [5.74, 6) is 8.63. The predicted octanol–water partition coefficient (Wildman–Crippen LogP) is 6.76. The molecule has 5 heterocycles. The Balaban J connectivity index is 1.06. The molecule has 3 amide bonds. The van der Waals surface area contributed by atoms with Crippen LogP contribution in [0.2, 0.25) is 0 Å². The summed E-state index contributed by atoms with van der Waals surface area (Å²) >= 11 is 0. The van der Waals surface area contributed by atoms with Crippen LogP contribution in [0.3, 0.4) is 0 Å². The Morgan fingerprint density at radius 2 is 1.69 bits per heavy atom. The molecule has 3 N–H and O–H groups in total. The maximum Gasteiger partial charge on any atom is 0.407 e. The number of hydrogen-bond donors (Lipinski definition) is 3. The summed E-state index contributed by atoms with van der Waals surface area (Å²) in [5.41, 5.74) is 4.68. The van der Waals surface area contributed by atoms with Crippen molar-refractivity contribution in [2.45, 2.75) is 91.0 Å². The van der Waals surface area contributed by atoms with E-state index in [4.69, 9.17) is 19.4 Å². The Labute approximate surface area is 323 Å². The number of benzene rings is 2. The Bertz CT molecular complexity index is 2100. The largest absolute Gasteiger partial charge is 0.453 e. The fourth-order valence-electron chi connectivity index (χ4n) is 8.22. The summed E-state index contributed by atoms with van der Waals surface area (Å²) in [6.07, 6.45) is 4.61. The Hall–Kier alpha value is -5.15. The van der Waals surface area contributed by atoms with Crippen LogP contribution in [0, 0.1) is 35.5 Å². The van der Waals surface area contributed by atoms with Gasteiger partial charge in [-0.25, -0.2) is 14.8 Å². The van der Waals surface area contributed by atoms with E-state index >= 15 is 0 Å². The molecule has 4 aromatic rings. The van der Waals surface area contributed by atoms with Crippen molar-refractivity contribution < 1.29 is 23.9 Å². The van der Waals surface area contributed by atoms with Gasteiger partial charge in [-0.1, -0.05) is 65.5 Å². The van der Waals surface area contributed by atoms with Crippen LogP contribution in [0.4, 0.5) is 4.79 Å². The first kappa shape index (κ1) is 38.1. The van der Waals surface area contributed by atoms with Gasteiger partial charge in [-0.15, -0.1) is 0 Å². The minimum absolute atomic E-state index is 0.0312. The number of carbonyl (C=O) groups is 3. The number of alkyl carbamates (subject to hydrolysis) is 1. The monoisotopic (exact) mass is 747 g/mol. The first-order chi connectivity index (χ1) is 26.3. The highest BCUT2D eigenvalue weighted by Gasteiger charge is 2.51. The third kappa shape index (κ3) is 7.85. The molecule has 6 atom stereocenters. The molecule has 290 valence electrons. The van der Waals surface area contributed by atoms with Crippen molar-refractivity contribution in [3.63, 3.8) is 0 Å². The minimum atomic E-state index is -0.745. The van der Waals surface area contributed by atoms with E-state index in [1.54, 1.807) is 0 Å². The molecular weight excluding hydrogens is 695 g/mol. The summed E-state index contributed by atoms with van der Waals surface area (Å²) in [6, 6.07) is 12.8.